The minimum Gasteiger partial charge on any atom is -0.309 e. The highest BCUT2D eigenvalue weighted by Crippen LogP contribution is 2.58. The van der Waals surface area contributed by atoms with Gasteiger partial charge in [-0.1, -0.05) is 234 Å². The minimum atomic E-state index is -0.270. The van der Waals surface area contributed by atoms with Crippen LogP contribution in [0.1, 0.15) is 49.9 Å². The van der Waals surface area contributed by atoms with Crippen molar-refractivity contribution in [2.24, 2.45) is 0 Å². The molecule has 1 heteroatoms. The highest BCUT2D eigenvalue weighted by molar-refractivity contribution is 6.02. The number of anilines is 3. The third-order valence-electron chi connectivity index (χ3n) is 14.6. The highest BCUT2D eigenvalue weighted by Gasteiger charge is 2.41. The van der Waals surface area contributed by atoms with Crippen LogP contribution >= 0.6 is 0 Å². The van der Waals surface area contributed by atoms with Gasteiger partial charge in [-0.2, -0.15) is 0 Å². The maximum absolute atomic E-state index is 2.59. The lowest BCUT2D eigenvalue weighted by molar-refractivity contribution is 0.660. The molecule has 0 N–H and O–H groups in total. The monoisotopic (exact) mass is 857 g/mol. The summed E-state index contributed by atoms with van der Waals surface area (Å²) in [6.45, 7) is 9.61. The van der Waals surface area contributed by atoms with E-state index in [-0.39, 0.29) is 10.8 Å². The maximum Gasteiger partial charge on any atom is 0.0546 e. The second-order valence-corrected chi connectivity index (χ2v) is 19.2. The summed E-state index contributed by atoms with van der Waals surface area (Å²) in [5.41, 5.74) is 25.6. The second-order valence-electron chi connectivity index (χ2n) is 19.2. The molecule has 2 aliphatic carbocycles. The van der Waals surface area contributed by atoms with E-state index in [1.54, 1.807) is 0 Å². The molecule has 0 radical (unpaired) electrons. The molecule has 1 nitrogen and oxygen atoms in total. The van der Waals surface area contributed by atoms with E-state index in [4.69, 9.17) is 0 Å². The van der Waals surface area contributed by atoms with Crippen molar-refractivity contribution in [2.75, 3.05) is 4.90 Å². The molecule has 0 bridgehead atoms. The van der Waals surface area contributed by atoms with Gasteiger partial charge in [-0.15, -0.1) is 0 Å². The summed E-state index contributed by atoms with van der Waals surface area (Å²) in [6.07, 6.45) is 0. The average molecular weight is 858 g/mol. The van der Waals surface area contributed by atoms with Crippen molar-refractivity contribution in [2.45, 2.75) is 38.5 Å². The Hall–Kier alpha value is -8.00. The molecule has 12 rings (SSSR count). The number of hydrogen-bond acceptors (Lipinski definition) is 1. The molecule has 0 saturated carbocycles. The summed E-state index contributed by atoms with van der Waals surface area (Å²) in [5, 5.41) is 0. The van der Waals surface area contributed by atoms with Gasteiger partial charge in [0.2, 0.25) is 0 Å². The zero-order valence-electron chi connectivity index (χ0n) is 38.5. The number of nitrogens with zero attached hydrogens (tertiary/aromatic N) is 1. The van der Waals surface area contributed by atoms with Crippen molar-refractivity contribution in [1.82, 2.24) is 0 Å². The number of hydrogen-bond donors (Lipinski definition) is 0. The molecular weight excluding hydrogens is 807 g/mol. The summed E-state index contributed by atoms with van der Waals surface area (Å²) < 4.78 is 0. The molecule has 0 atom stereocenters. The fourth-order valence-corrected chi connectivity index (χ4v) is 11.6. The van der Waals surface area contributed by atoms with E-state index < -0.39 is 0 Å². The smallest absolute Gasteiger partial charge is 0.0546 e. The van der Waals surface area contributed by atoms with Crippen LogP contribution in [-0.2, 0) is 10.8 Å². The van der Waals surface area contributed by atoms with E-state index in [1.807, 2.05) is 0 Å². The Balaban J connectivity index is 1.19. The van der Waals surface area contributed by atoms with Gasteiger partial charge in [0, 0.05) is 22.1 Å². The van der Waals surface area contributed by atoms with E-state index in [0.717, 1.165) is 11.4 Å². The van der Waals surface area contributed by atoms with Gasteiger partial charge < -0.3 is 4.90 Å². The predicted molar refractivity (Wildman–Crippen MR) is 283 cm³/mol. The van der Waals surface area contributed by atoms with E-state index in [9.17, 15) is 0 Å². The lowest BCUT2D eigenvalue weighted by atomic mass is 9.77. The molecule has 0 spiro atoms. The van der Waals surface area contributed by atoms with Gasteiger partial charge in [0.05, 0.1) is 11.4 Å². The summed E-state index contributed by atoms with van der Waals surface area (Å²) >= 11 is 0. The van der Waals surface area contributed by atoms with Crippen molar-refractivity contribution in [1.29, 1.82) is 0 Å². The lowest BCUT2D eigenvalue weighted by Crippen LogP contribution is -2.21. The summed E-state index contributed by atoms with van der Waals surface area (Å²) in [4.78, 5) is 2.59. The van der Waals surface area contributed by atoms with E-state index in [0.29, 0.717) is 0 Å². The van der Waals surface area contributed by atoms with E-state index in [2.05, 4.69) is 269 Å². The lowest BCUT2D eigenvalue weighted by Gasteiger charge is -2.35. The molecule has 0 heterocycles. The topological polar surface area (TPSA) is 3.24 Å². The third-order valence-corrected chi connectivity index (χ3v) is 14.6. The van der Waals surface area contributed by atoms with Crippen LogP contribution in [0.3, 0.4) is 0 Å². The van der Waals surface area contributed by atoms with Gasteiger partial charge in [-0.05, 0) is 125 Å². The van der Waals surface area contributed by atoms with Crippen molar-refractivity contribution < 1.29 is 0 Å². The first-order valence-corrected chi connectivity index (χ1v) is 23.6. The van der Waals surface area contributed by atoms with Gasteiger partial charge in [0.1, 0.15) is 0 Å². The molecule has 0 aromatic heterocycles. The number of rotatable bonds is 8. The normalized spacial score (nSPS) is 13.6. The summed E-state index contributed by atoms with van der Waals surface area (Å²) in [5.74, 6) is 0. The molecule has 0 amide bonds. The molecule has 0 aliphatic heterocycles. The Bertz CT molecular complexity index is 3510. The molecule has 10 aromatic carbocycles. The standard InChI is InChI=1S/C66H51N/c1-65(2)58-36-16-14-30-51(58)54-33-19-34-56(63(54)65)53-32-20-38-60(62(53)48-29-18-28-47(42-48)44-22-8-5-9-23-44)67(61-39-21-35-55-52-31-15-17-37-59(52)66(3,4)64(55)61)49-40-41-50(45-24-10-6-11-25-45)57(43-49)46-26-12-7-13-27-46/h5-43H,1-4H3. The first-order chi connectivity index (χ1) is 32.8. The fraction of sp³-hybridized carbons (Fsp3) is 0.0909. The molecule has 320 valence electrons. The van der Waals surface area contributed by atoms with Crippen LogP contribution < -0.4 is 4.90 Å². The van der Waals surface area contributed by atoms with E-state index >= 15 is 0 Å². The SMILES string of the molecule is CC1(C)c2ccccc2-c2cccc(-c3cccc(N(c4ccc(-c5ccccc5)c(-c5ccccc5)c4)c4cccc5c4C(C)(C)c4ccccc4-5)c3-c3cccc(-c4ccccc4)c3)c21. The Morgan fingerprint density at radius 2 is 0.701 bits per heavy atom. The maximum atomic E-state index is 2.59. The number of fused-ring (bicyclic) bond motifs is 6. The first-order valence-electron chi connectivity index (χ1n) is 23.6. The molecular formula is C66H51N. The van der Waals surface area contributed by atoms with Gasteiger partial charge in [0.15, 0.2) is 0 Å². The quantitative estimate of drug-likeness (QED) is 0.147. The van der Waals surface area contributed by atoms with Crippen molar-refractivity contribution in [3.63, 3.8) is 0 Å². The fourth-order valence-electron chi connectivity index (χ4n) is 11.6. The Kier molecular flexibility index (Phi) is 9.59. The average Bonchev–Trinajstić information content (AvgIpc) is 3.77. The van der Waals surface area contributed by atoms with Crippen LogP contribution in [0.15, 0.2) is 237 Å². The van der Waals surface area contributed by atoms with Crippen LogP contribution in [0, 0.1) is 0 Å². The molecule has 10 aromatic rings. The first kappa shape index (κ1) is 40.5. The second kappa shape index (κ2) is 15.9. The van der Waals surface area contributed by atoms with Crippen molar-refractivity contribution in [3.8, 4) is 77.9 Å². The molecule has 0 unspecified atom stereocenters. The number of benzene rings is 10. The van der Waals surface area contributed by atoms with Crippen LogP contribution in [0.2, 0.25) is 0 Å². The highest BCUT2D eigenvalue weighted by atomic mass is 15.1. The summed E-state index contributed by atoms with van der Waals surface area (Å²) in [6, 6.07) is 87.7. The summed E-state index contributed by atoms with van der Waals surface area (Å²) in [7, 11) is 0. The largest absolute Gasteiger partial charge is 0.309 e. The van der Waals surface area contributed by atoms with Crippen LogP contribution in [-0.4, -0.2) is 0 Å². The Morgan fingerprint density at radius 1 is 0.269 bits per heavy atom. The van der Waals surface area contributed by atoms with Gasteiger partial charge >= 0.3 is 0 Å². The van der Waals surface area contributed by atoms with Crippen molar-refractivity contribution in [3.05, 3.63) is 259 Å². The molecule has 0 fully saturated rings. The molecule has 2 aliphatic rings. The Morgan fingerprint density at radius 3 is 1.34 bits per heavy atom. The van der Waals surface area contributed by atoms with Crippen LogP contribution in [0.25, 0.3) is 77.9 Å². The van der Waals surface area contributed by atoms with Crippen LogP contribution in [0.4, 0.5) is 17.1 Å². The zero-order chi connectivity index (χ0) is 45.3. The third kappa shape index (κ3) is 6.52. The zero-order valence-corrected chi connectivity index (χ0v) is 38.5. The van der Waals surface area contributed by atoms with Crippen molar-refractivity contribution >= 4 is 17.1 Å². The van der Waals surface area contributed by atoms with E-state index in [1.165, 1.54) is 106 Å². The predicted octanol–water partition coefficient (Wildman–Crippen LogP) is 18.1. The van der Waals surface area contributed by atoms with Gasteiger partial charge in [0.25, 0.3) is 0 Å². The van der Waals surface area contributed by atoms with Crippen LogP contribution in [0.5, 0.6) is 0 Å². The molecule has 67 heavy (non-hydrogen) atoms. The van der Waals surface area contributed by atoms with Gasteiger partial charge in [-0.3, -0.25) is 0 Å². The molecule has 0 saturated heterocycles. The van der Waals surface area contributed by atoms with Gasteiger partial charge in [-0.25, -0.2) is 0 Å². The Labute approximate surface area is 395 Å². The minimum absolute atomic E-state index is 0.213.